The van der Waals surface area contributed by atoms with Crippen LogP contribution in [0.5, 0.6) is 0 Å². The van der Waals surface area contributed by atoms with E-state index in [9.17, 15) is 5.11 Å². The van der Waals surface area contributed by atoms with E-state index in [2.05, 4.69) is 55.9 Å². The summed E-state index contributed by atoms with van der Waals surface area (Å²) in [6.07, 6.45) is 3.67. The molecule has 0 bridgehead atoms. The number of aliphatic hydroxyl groups is 1. The van der Waals surface area contributed by atoms with Crippen molar-refractivity contribution in [2.75, 3.05) is 19.0 Å². The van der Waals surface area contributed by atoms with Gasteiger partial charge in [-0.1, -0.05) is 27.7 Å². The van der Waals surface area contributed by atoms with Crippen LogP contribution in [0.1, 0.15) is 63.0 Å². The molecule has 0 amide bonds. The number of hydrogen-bond acceptors (Lipinski definition) is 5. The molecule has 0 aromatic carbocycles. The molecular formula is C22H31N5O. The Bertz CT molecular complexity index is 973. The second-order valence-electron chi connectivity index (χ2n) is 7.55. The number of aryl methyl sites for hydroxylation is 2. The van der Waals surface area contributed by atoms with Gasteiger partial charge in [-0.2, -0.15) is 0 Å². The minimum atomic E-state index is 0.0147. The first kappa shape index (κ1) is 20.3. The van der Waals surface area contributed by atoms with E-state index in [0.717, 1.165) is 58.0 Å². The fourth-order valence-electron chi connectivity index (χ4n) is 3.57. The maximum absolute atomic E-state index is 9.76. The van der Waals surface area contributed by atoms with E-state index in [1.165, 1.54) is 0 Å². The van der Waals surface area contributed by atoms with Gasteiger partial charge in [0.15, 0.2) is 5.65 Å². The van der Waals surface area contributed by atoms with E-state index in [0.29, 0.717) is 5.92 Å². The SMILES string of the molecule is CCc1nc2c(nc1-c1ccc(C(C)C)nc1NC)c(C)cn2[C@@H](CC)CO. The van der Waals surface area contributed by atoms with Crippen LogP contribution in [0.3, 0.4) is 0 Å². The van der Waals surface area contributed by atoms with Gasteiger partial charge in [0.1, 0.15) is 11.3 Å². The number of rotatable bonds is 7. The molecule has 2 N–H and O–H groups in total. The molecule has 0 aliphatic rings. The molecule has 0 saturated heterocycles. The first-order chi connectivity index (χ1) is 13.4. The third kappa shape index (κ3) is 3.49. The Balaban J connectivity index is 2.24. The minimum absolute atomic E-state index is 0.0147. The van der Waals surface area contributed by atoms with Gasteiger partial charge < -0.3 is 15.0 Å². The zero-order chi connectivity index (χ0) is 20.4. The molecular weight excluding hydrogens is 350 g/mol. The van der Waals surface area contributed by atoms with Gasteiger partial charge in [-0.15, -0.1) is 0 Å². The van der Waals surface area contributed by atoms with Crippen molar-refractivity contribution in [2.24, 2.45) is 0 Å². The topological polar surface area (TPSA) is 75.9 Å². The van der Waals surface area contributed by atoms with Crippen molar-refractivity contribution in [3.05, 3.63) is 35.3 Å². The Morgan fingerprint density at radius 3 is 2.46 bits per heavy atom. The van der Waals surface area contributed by atoms with Gasteiger partial charge in [0.25, 0.3) is 0 Å². The highest BCUT2D eigenvalue weighted by atomic mass is 16.3. The predicted molar refractivity (Wildman–Crippen MR) is 115 cm³/mol. The summed E-state index contributed by atoms with van der Waals surface area (Å²) in [6, 6.07) is 4.18. The molecule has 0 unspecified atom stereocenters. The number of anilines is 1. The Kier molecular flexibility index (Phi) is 5.98. The van der Waals surface area contributed by atoms with Crippen molar-refractivity contribution < 1.29 is 5.11 Å². The Hall–Kier alpha value is -2.47. The quantitative estimate of drug-likeness (QED) is 0.631. The molecule has 0 spiro atoms. The Morgan fingerprint density at radius 2 is 1.89 bits per heavy atom. The van der Waals surface area contributed by atoms with Crippen LogP contribution in [-0.4, -0.2) is 38.3 Å². The zero-order valence-corrected chi connectivity index (χ0v) is 17.7. The third-order valence-corrected chi connectivity index (χ3v) is 5.31. The molecule has 0 radical (unpaired) electrons. The molecule has 0 fully saturated rings. The molecule has 3 heterocycles. The van der Waals surface area contributed by atoms with Crippen LogP contribution in [-0.2, 0) is 6.42 Å². The molecule has 3 aromatic rings. The number of aromatic nitrogens is 4. The summed E-state index contributed by atoms with van der Waals surface area (Å²) in [7, 11) is 1.89. The fraction of sp³-hybridized carbons (Fsp3) is 0.500. The number of nitrogens with zero attached hydrogens (tertiary/aromatic N) is 4. The van der Waals surface area contributed by atoms with E-state index in [1.54, 1.807) is 0 Å². The smallest absolute Gasteiger partial charge is 0.159 e. The lowest BCUT2D eigenvalue weighted by Crippen LogP contribution is -2.12. The average Bonchev–Trinajstić information content (AvgIpc) is 3.03. The number of nitrogens with one attached hydrogen (secondary N) is 1. The van der Waals surface area contributed by atoms with Crippen molar-refractivity contribution in [3.8, 4) is 11.3 Å². The van der Waals surface area contributed by atoms with E-state index >= 15 is 0 Å². The number of hydrogen-bond donors (Lipinski definition) is 2. The molecule has 28 heavy (non-hydrogen) atoms. The number of pyridine rings is 1. The van der Waals surface area contributed by atoms with Crippen LogP contribution in [0, 0.1) is 6.92 Å². The highest BCUT2D eigenvalue weighted by Gasteiger charge is 2.20. The lowest BCUT2D eigenvalue weighted by Gasteiger charge is -2.17. The van der Waals surface area contributed by atoms with Crippen LogP contribution in [0.4, 0.5) is 5.82 Å². The van der Waals surface area contributed by atoms with Gasteiger partial charge >= 0.3 is 0 Å². The predicted octanol–water partition coefficient (Wildman–Crippen LogP) is 4.47. The van der Waals surface area contributed by atoms with E-state index < -0.39 is 0 Å². The summed E-state index contributed by atoms with van der Waals surface area (Å²) >= 11 is 0. The highest BCUT2D eigenvalue weighted by Crippen LogP contribution is 2.32. The van der Waals surface area contributed by atoms with Crippen LogP contribution < -0.4 is 5.32 Å². The number of fused-ring (bicyclic) bond motifs is 1. The van der Waals surface area contributed by atoms with Gasteiger partial charge in [0.05, 0.1) is 24.0 Å². The highest BCUT2D eigenvalue weighted by molar-refractivity contribution is 5.82. The largest absolute Gasteiger partial charge is 0.394 e. The molecule has 150 valence electrons. The molecule has 6 heteroatoms. The Labute approximate surface area is 167 Å². The Morgan fingerprint density at radius 1 is 1.14 bits per heavy atom. The summed E-state index contributed by atoms with van der Waals surface area (Å²) in [4.78, 5) is 14.8. The van der Waals surface area contributed by atoms with Gasteiger partial charge in [0, 0.05) is 24.5 Å². The first-order valence-corrected chi connectivity index (χ1v) is 10.1. The van der Waals surface area contributed by atoms with Gasteiger partial charge in [-0.25, -0.2) is 15.0 Å². The van der Waals surface area contributed by atoms with E-state index in [1.807, 2.05) is 14.0 Å². The molecule has 6 nitrogen and oxygen atoms in total. The second kappa shape index (κ2) is 8.27. The third-order valence-electron chi connectivity index (χ3n) is 5.31. The van der Waals surface area contributed by atoms with Crippen molar-refractivity contribution in [2.45, 2.75) is 59.4 Å². The summed E-state index contributed by atoms with van der Waals surface area (Å²) in [5.41, 5.74) is 6.63. The molecule has 1 atom stereocenters. The standard InChI is InChI=1S/C22H31N5O/c1-7-15(12-28)27-11-14(5)19-22(27)25-17(8-2)20(26-19)16-9-10-18(13(3)4)24-21(16)23-6/h9-11,13,15,28H,7-8,12H2,1-6H3,(H,23,24)/t15-/m0/s1. The van der Waals surface area contributed by atoms with Crippen molar-refractivity contribution in [1.82, 2.24) is 19.5 Å². The van der Waals surface area contributed by atoms with Crippen molar-refractivity contribution in [3.63, 3.8) is 0 Å². The first-order valence-electron chi connectivity index (χ1n) is 10.1. The normalized spacial score (nSPS) is 12.7. The number of aliphatic hydroxyl groups excluding tert-OH is 1. The maximum Gasteiger partial charge on any atom is 0.159 e. The zero-order valence-electron chi connectivity index (χ0n) is 17.7. The fourth-order valence-corrected chi connectivity index (χ4v) is 3.57. The maximum atomic E-state index is 9.76. The minimum Gasteiger partial charge on any atom is -0.394 e. The van der Waals surface area contributed by atoms with Crippen molar-refractivity contribution in [1.29, 1.82) is 0 Å². The van der Waals surface area contributed by atoms with Gasteiger partial charge in [0.2, 0.25) is 0 Å². The van der Waals surface area contributed by atoms with Crippen LogP contribution in [0.15, 0.2) is 18.3 Å². The monoisotopic (exact) mass is 381 g/mol. The van der Waals surface area contributed by atoms with Gasteiger partial charge in [-0.3, -0.25) is 0 Å². The average molecular weight is 382 g/mol. The lowest BCUT2D eigenvalue weighted by molar-refractivity contribution is 0.227. The molecule has 0 saturated carbocycles. The summed E-state index contributed by atoms with van der Waals surface area (Å²) < 4.78 is 2.07. The van der Waals surface area contributed by atoms with Crippen LogP contribution >= 0.6 is 0 Å². The lowest BCUT2D eigenvalue weighted by atomic mass is 10.0. The molecule has 0 aliphatic heterocycles. The van der Waals surface area contributed by atoms with Gasteiger partial charge in [-0.05, 0) is 43.4 Å². The van der Waals surface area contributed by atoms with Crippen LogP contribution in [0.2, 0.25) is 0 Å². The second-order valence-corrected chi connectivity index (χ2v) is 7.55. The molecule has 3 rings (SSSR count). The van der Waals surface area contributed by atoms with E-state index in [-0.39, 0.29) is 12.6 Å². The van der Waals surface area contributed by atoms with Crippen LogP contribution in [0.25, 0.3) is 22.4 Å². The summed E-state index contributed by atoms with van der Waals surface area (Å²) in [5.74, 6) is 1.19. The van der Waals surface area contributed by atoms with E-state index in [4.69, 9.17) is 15.0 Å². The molecule has 3 aromatic heterocycles. The van der Waals surface area contributed by atoms with Crippen molar-refractivity contribution >= 4 is 17.0 Å². The molecule has 0 aliphatic carbocycles. The summed E-state index contributed by atoms with van der Waals surface area (Å²) in [5, 5.41) is 13.0. The summed E-state index contributed by atoms with van der Waals surface area (Å²) in [6.45, 7) is 10.6.